The molecule has 0 aliphatic carbocycles. The monoisotopic (exact) mass is 928 g/mol. The number of carbonyl (C=O) groups is 8. The van der Waals surface area contributed by atoms with Gasteiger partial charge in [0.1, 0.15) is 42.0 Å². The number of aliphatic carboxylic acids is 1. The lowest BCUT2D eigenvalue weighted by Crippen LogP contribution is -2.62. The zero-order valence-electron chi connectivity index (χ0n) is 37.4. The van der Waals surface area contributed by atoms with Crippen LogP contribution in [0.2, 0.25) is 0 Å². The number of aliphatic hydroxyl groups excluding tert-OH is 2. The molecule has 20 heteroatoms. The molecule has 360 valence electrons. The predicted molar refractivity (Wildman–Crippen MR) is 241 cm³/mol. The Morgan fingerprint density at radius 1 is 0.597 bits per heavy atom. The van der Waals surface area contributed by atoms with Crippen molar-refractivity contribution in [2.45, 2.75) is 113 Å². The maximum atomic E-state index is 14.4. The highest BCUT2D eigenvalue weighted by Crippen LogP contribution is 2.26. The summed E-state index contributed by atoms with van der Waals surface area (Å²) in [6.45, 7) is 2.28. The number of aromatic hydroxyl groups is 1. The Morgan fingerprint density at radius 2 is 1.04 bits per heavy atom. The maximum Gasteiger partial charge on any atom is 0.328 e. The summed E-state index contributed by atoms with van der Waals surface area (Å²) in [4.78, 5) is 111. The number of rotatable bonds is 21. The zero-order valence-corrected chi connectivity index (χ0v) is 37.4. The first kappa shape index (κ1) is 51.1. The Kier molecular flexibility index (Phi) is 18.3. The van der Waals surface area contributed by atoms with E-state index in [2.05, 4.69) is 26.6 Å². The molecule has 20 nitrogen and oxygen atoms in total. The van der Waals surface area contributed by atoms with Crippen molar-refractivity contribution in [3.05, 3.63) is 102 Å². The SMILES string of the molecule is CC(O)C(NC(=O)C1CCCN1C(=O)C1CCCN1C(=O)C(NC(=O)C(Cc1ccc(O)cc1)NC(=O)C(Cc1ccccc1)NC(=O)C(Cc1ccccc1)NC(=O)CN)C(C)O)C(=O)O. The third-order valence-electron chi connectivity index (χ3n) is 11.8. The molecule has 0 spiro atoms. The maximum absolute atomic E-state index is 14.4. The molecule has 2 heterocycles. The van der Waals surface area contributed by atoms with Crippen LogP contribution in [0.4, 0.5) is 0 Å². The Labute approximate surface area is 387 Å². The fourth-order valence-electron chi connectivity index (χ4n) is 8.23. The lowest BCUT2D eigenvalue weighted by Gasteiger charge is -2.34. The summed E-state index contributed by atoms with van der Waals surface area (Å²) >= 11 is 0. The molecule has 2 fully saturated rings. The van der Waals surface area contributed by atoms with E-state index >= 15 is 0 Å². The number of hydrogen-bond donors (Lipinski definition) is 10. The molecule has 2 aliphatic rings. The average molecular weight is 929 g/mol. The smallest absolute Gasteiger partial charge is 0.328 e. The second-order valence-corrected chi connectivity index (χ2v) is 16.9. The van der Waals surface area contributed by atoms with Gasteiger partial charge in [0.15, 0.2) is 6.04 Å². The first-order chi connectivity index (χ1) is 32.0. The van der Waals surface area contributed by atoms with E-state index in [4.69, 9.17) is 5.73 Å². The molecule has 0 aromatic heterocycles. The van der Waals surface area contributed by atoms with Crippen molar-refractivity contribution in [1.29, 1.82) is 0 Å². The summed E-state index contributed by atoms with van der Waals surface area (Å²) in [5.41, 5.74) is 7.41. The quantitative estimate of drug-likeness (QED) is 0.0591. The van der Waals surface area contributed by atoms with Crippen LogP contribution in [-0.4, -0.2) is 152 Å². The average Bonchev–Trinajstić information content (AvgIpc) is 4.01. The largest absolute Gasteiger partial charge is 0.508 e. The van der Waals surface area contributed by atoms with Crippen LogP contribution in [0.1, 0.15) is 56.2 Å². The minimum Gasteiger partial charge on any atom is -0.508 e. The van der Waals surface area contributed by atoms with Gasteiger partial charge in [-0.3, -0.25) is 33.6 Å². The molecule has 9 unspecified atom stereocenters. The van der Waals surface area contributed by atoms with Gasteiger partial charge in [0, 0.05) is 32.4 Å². The number of hydrogen-bond acceptors (Lipinski definition) is 12. The van der Waals surface area contributed by atoms with Gasteiger partial charge in [0.2, 0.25) is 41.4 Å². The Bertz CT molecular complexity index is 2210. The van der Waals surface area contributed by atoms with Crippen LogP contribution in [0.3, 0.4) is 0 Å². The van der Waals surface area contributed by atoms with Gasteiger partial charge in [-0.2, -0.15) is 0 Å². The standard InChI is InChI=1S/C47H60N8O12/c1-27(56)39(46(65)55-22-10-16-37(55)45(64)54-21-9-15-36(54)44(63)53-40(28(2)57)47(66)67)52-43(62)35(25-31-17-19-32(58)20-18-31)51-42(61)34(24-30-13-7-4-8-14-30)50-41(60)33(49-38(59)26-48)23-29-11-5-3-6-12-29/h3-8,11-14,17-20,27-28,33-37,39-40,56-58H,9-10,15-16,21-26,48H2,1-2H3,(H,49,59)(H,50,60)(H,51,61)(H,52,62)(H,53,63)(H,66,67). The zero-order chi connectivity index (χ0) is 48.8. The van der Waals surface area contributed by atoms with Crippen molar-refractivity contribution in [3.63, 3.8) is 0 Å². The van der Waals surface area contributed by atoms with Crippen molar-refractivity contribution >= 4 is 47.3 Å². The van der Waals surface area contributed by atoms with Gasteiger partial charge in [-0.25, -0.2) is 4.79 Å². The van der Waals surface area contributed by atoms with Gasteiger partial charge in [-0.05, 0) is 68.4 Å². The second kappa shape index (κ2) is 24.0. The Balaban J connectivity index is 1.38. The number of likely N-dealkylation sites (tertiary alicyclic amines) is 2. The number of phenolic OH excluding ortho intramolecular Hbond substituents is 1. The lowest BCUT2D eigenvalue weighted by atomic mass is 10.0. The first-order valence-electron chi connectivity index (χ1n) is 22.2. The highest BCUT2D eigenvalue weighted by molar-refractivity contribution is 5.98. The number of nitrogens with two attached hydrogens (primary N) is 1. The van der Waals surface area contributed by atoms with Gasteiger partial charge in [0.05, 0.1) is 18.8 Å². The van der Waals surface area contributed by atoms with Crippen LogP contribution in [0.15, 0.2) is 84.9 Å². The fraction of sp³-hybridized carbons (Fsp3) is 0.447. The summed E-state index contributed by atoms with van der Waals surface area (Å²) in [6.07, 6.45) is -1.94. The molecular formula is C47H60N8O12. The summed E-state index contributed by atoms with van der Waals surface area (Å²) in [5.74, 6) is -6.73. The Morgan fingerprint density at radius 3 is 1.52 bits per heavy atom. The number of nitrogens with one attached hydrogen (secondary N) is 5. The molecule has 0 bridgehead atoms. The third-order valence-corrected chi connectivity index (χ3v) is 11.8. The highest BCUT2D eigenvalue weighted by atomic mass is 16.4. The number of carboxylic acids is 1. The molecule has 7 amide bonds. The van der Waals surface area contributed by atoms with E-state index in [0.29, 0.717) is 29.5 Å². The van der Waals surface area contributed by atoms with Crippen molar-refractivity contribution in [1.82, 2.24) is 36.4 Å². The van der Waals surface area contributed by atoms with Crippen LogP contribution >= 0.6 is 0 Å². The number of nitrogens with zero attached hydrogens (tertiary/aromatic N) is 2. The van der Waals surface area contributed by atoms with Crippen molar-refractivity contribution in [3.8, 4) is 5.75 Å². The lowest BCUT2D eigenvalue weighted by molar-refractivity contribution is -0.150. The molecule has 11 N–H and O–H groups in total. The minimum atomic E-state index is -1.63. The molecule has 2 aliphatic heterocycles. The number of benzene rings is 3. The van der Waals surface area contributed by atoms with Crippen molar-refractivity contribution in [2.75, 3.05) is 19.6 Å². The van der Waals surface area contributed by atoms with E-state index in [1.54, 1.807) is 60.7 Å². The van der Waals surface area contributed by atoms with Crippen LogP contribution in [0, 0.1) is 0 Å². The normalized spacial score (nSPS) is 18.8. The summed E-state index contributed by atoms with van der Waals surface area (Å²) in [7, 11) is 0. The van der Waals surface area contributed by atoms with Gasteiger partial charge in [0.25, 0.3) is 0 Å². The number of carboxylic acid groups (broad SMARTS) is 1. The third kappa shape index (κ3) is 14.1. The molecule has 0 radical (unpaired) electrons. The number of aliphatic hydroxyl groups is 2. The second-order valence-electron chi connectivity index (χ2n) is 16.9. The highest BCUT2D eigenvalue weighted by Gasteiger charge is 2.45. The summed E-state index contributed by atoms with van der Waals surface area (Å²) < 4.78 is 0. The van der Waals surface area contributed by atoms with Gasteiger partial charge < -0.3 is 62.5 Å². The summed E-state index contributed by atoms with van der Waals surface area (Å²) in [6, 6.07) is 14.1. The van der Waals surface area contributed by atoms with Crippen molar-refractivity contribution in [2.24, 2.45) is 5.73 Å². The van der Waals surface area contributed by atoms with Crippen LogP contribution in [-0.2, 0) is 57.6 Å². The van der Waals surface area contributed by atoms with E-state index in [-0.39, 0.29) is 50.9 Å². The molecule has 5 rings (SSSR count). The van der Waals surface area contributed by atoms with Crippen LogP contribution in [0.5, 0.6) is 5.75 Å². The van der Waals surface area contributed by atoms with E-state index < -0.39 is 108 Å². The molecule has 3 aromatic rings. The van der Waals surface area contributed by atoms with Gasteiger partial charge in [-0.1, -0.05) is 72.8 Å². The Hall–Kier alpha value is -6.90. The van der Waals surface area contributed by atoms with E-state index in [9.17, 15) is 58.8 Å². The minimum absolute atomic E-state index is 0.0474. The van der Waals surface area contributed by atoms with E-state index in [1.807, 2.05) is 0 Å². The van der Waals surface area contributed by atoms with E-state index in [1.165, 1.54) is 47.9 Å². The number of phenols is 1. The molecule has 9 atom stereocenters. The number of carbonyl (C=O) groups excluding carboxylic acids is 7. The molecule has 0 saturated carbocycles. The first-order valence-corrected chi connectivity index (χ1v) is 22.2. The van der Waals surface area contributed by atoms with Gasteiger partial charge >= 0.3 is 5.97 Å². The van der Waals surface area contributed by atoms with E-state index in [0.717, 1.165) is 0 Å². The molecule has 67 heavy (non-hydrogen) atoms. The van der Waals surface area contributed by atoms with Crippen LogP contribution < -0.4 is 32.3 Å². The number of amides is 7. The topological polar surface area (TPSA) is 310 Å². The van der Waals surface area contributed by atoms with Crippen molar-refractivity contribution < 1.29 is 58.8 Å². The molecular weight excluding hydrogens is 869 g/mol. The summed E-state index contributed by atoms with van der Waals surface area (Å²) in [5, 5.41) is 53.3. The predicted octanol–water partition coefficient (Wildman–Crippen LogP) is -1.37. The molecule has 2 saturated heterocycles. The fourth-order valence-corrected chi connectivity index (χ4v) is 8.23. The van der Waals surface area contributed by atoms with Gasteiger partial charge in [-0.15, -0.1) is 0 Å². The van der Waals surface area contributed by atoms with Crippen LogP contribution in [0.25, 0.3) is 0 Å². The molecule has 3 aromatic carbocycles.